The molecule has 0 saturated carbocycles. The van der Waals surface area contributed by atoms with Crippen LogP contribution >= 0.6 is 0 Å². The average Bonchev–Trinajstić information content (AvgIpc) is 2.49. The summed E-state index contributed by atoms with van der Waals surface area (Å²) in [6.45, 7) is 3.04. The normalized spacial score (nSPS) is 12.0. The van der Waals surface area contributed by atoms with E-state index < -0.39 is 15.9 Å². The summed E-state index contributed by atoms with van der Waals surface area (Å²) in [5, 5.41) is 13.5. The SMILES string of the molecule is CC([O-])=NS(=O)(=O)c1ccc(NC(=O)Cc2ccc(C)cc2)cc1. The maximum absolute atomic E-state index is 12.0. The molecule has 7 heteroatoms. The second-order valence-corrected chi connectivity index (χ2v) is 6.92. The second kappa shape index (κ2) is 7.27. The van der Waals surface area contributed by atoms with Gasteiger partial charge in [-0.2, -0.15) is 12.8 Å². The second-order valence-electron chi connectivity index (χ2n) is 5.32. The van der Waals surface area contributed by atoms with Gasteiger partial charge in [0.1, 0.15) is 0 Å². The fourth-order valence-electron chi connectivity index (χ4n) is 2.03. The van der Waals surface area contributed by atoms with Gasteiger partial charge in [0.15, 0.2) is 0 Å². The van der Waals surface area contributed by atoms with Crippen molar-refractivity contribution in [2.24, 2.45) is 4.40 Å². The summed E-state index contributed by atoms with van der Waals surface area (Å²) in [4.78, 5) is 11.9. The van der Waals surface area contributed by atoms with Gasteiger partial charge >= 0.3 is 0 Å². The Hall–Kier alpha value is -2.67. The van der Waals surface area contributed by atoms with Crippen molar-refractivity contribution in [3.05, 3.63) is 59.7 Å². The lowest BCUT2D eigenvalue weighted by atomic mass is 10.1. The molecule has 1 amide bonds. The monoisotopic (exact) mass is 345 g/mol. The van der Waals surface area contributed by atoms with E-state index in [1.165, 1.54) is 24.3 Å². The van der Waals surface area contributed by atoms with Gasteiger partial charge in [0.25, 0.3) is 10.0 Å². The molecule has 24 heavy (non-hydrogen) atoms. The molecule has 0 atom stereocenters. The number of hydrogen-bond acceptors (Lipinski definition) is 4. The Kier molecular flexibility index (Phi) is 5.35. The van der Waals surface area contributed by atoms with Crippen molar-refractivity contribution in [3.8, 4) is 0 Å². The van der Waals surface area contributed by atoms with Gasteiger partial charge in [-0.3, -0.25) is 4.79 Å². The van der Waals surface area contributed by atoms with Gasteiger partial charge in [-0.15, -0.1) is 0 Å². The Bertz CT molecular complexity index is 850. The van der Waals surface area contributed by atoms with Crippen LogP contribution in [0.5, 0.6) is 0 Å². The molecule has 0 bridgehead atoms. The minimum Gasteiger partial charge on any atom is -0.861 e. The Morgan fingerprint density at radius 3 is 2.21 bits per heavy atom. The first-order chi connectivity index (χ1) is 11.3. The molecular formula is C17H17N2O4S-. The molecule has 0 saturated heterocycles. The molecule has 0 fully saturated rings. The van der Waals surface area contributed by atoms with Crippen LogP contribution in [0, 0.1) is 6.92 Å². The third-order valence-electron chi connectivity index (χ3n) is 3.17. The molecular weight excluding hydrogens is 328 g/mol. The largest absolute Gasteiger partial charge is 0.861 e. The molecule has 6 nitrogen and oxygen atoms in total. The van der Waals surface area contributed by atoms with E-state index in [9.17, 15) is 18.3 Å². The predicted octanol–water partition coefficient (Wildman–Crippen LogP) is 1.64. The molecule has 0 heterocycles. The summed E-state index contributed by atoms with van der Waals surface area (Å²) >= 11 is 0. The smallest absolute Gasteiger partial charge is 0.281 e. The zero-order chi connectivity index (χ0) is 17.7. The number of nitrogens with one attached hydrogen (secondary N) is 1. The van der Waals surface area contributed by atoms with Gasteiger partial charge < -0.3 is 10.4 Å². The minimum absolute atomic E-state index is 0.103. The molecule has 2 rings (SSSR count). The third-order valence-corrected chi connectivity index (χ3v) is 4.54. The van der Waals surface area contributed by atoms with Crippen molar-refractivity contribution in [2.45, 2.75) is 25.2 Å². The van der Waals surface area contributed by atoms with Crippen LogP contribution in [-0.2, 0) is 21.2 Å². The van der Waals surface area contributed by atoms with Crippen molar-refractivity contribution in [1.29, 1.82) is 0 Å². The highest BCUT2D eigenvalue weighted by Gasteiger charge is 2.12. The quantitative estimate of drug-likeness (QED) is 0.658. The number of nitrogens with zero attached hydrogens (tertiary/aromatic N) is 1. The zero-order valence-electron chi connectivity index (χ0n) is 13.3. The van der Waals surface area contributed by atoms with E-state index >= 15 is 0 Å². The topological polar surface area (TPSA) is 98.7 Å². The number of rotatable bonds is 5. The maximum Gasteiger partial charge on any atom is 0.281 e. The number of benzene rings is 2. The Labute approximate surface area is 140 Å². The van der Waals surface area contributed by atoms with E-state index in [1.54, 1.807) is 0 Å². The molecule has 0 aliphatic heterocycles. The number of aryl methyl sites for hydroxylation is 1. The molecule has 0 radical (unpaired) electrons. The fourth-order valence-corrected chi connectivity index (χ4v) is 2.95. The van der Waals surface area contributed by atoms with Gasteiger partial charge in [-0.1, -0.05) is 29.8 Å². The van der Waals surface area contributed by atoms with Crippen LogP contribution < -0.4 is 10.4 Å². The average molecular weight is 345 g/mol. The van der Waals surface area contributed by atoms with Crippen molar-refractivity contribution in [3.63, 3.8) is 0 Å². The van der Waals surface area contributed by atoms with E-state index in [-0.39, 0.29) is 17.2 Å². The summed E-state index contributed by atoms with van der Waals surface area (Å²) in [5.74, 6) is -0.992. The number of carbonyl (C=O) groups is 1. The molecule has 0 spiro atoms. The van der Waals surface area contributed by atoms with Crippen molar-refractivity contribution < 1.29 is 18.3 Å². The van der Waals surface area contributed by atoms with Gasteiger partial charge in [0.05, 0.1) is 11.3 Å². The molecule has 0 aliphatic carbocycles. The van der Waals surface area contributed by atoms with Gasteiger partial charge in [-0.25, -0.2) is 0 Å². The van der Waals surface area contributed by atoms with Crippen LogP contribution in [0.25, 0.3) is 0 Å². The Morgan fingerprint density at radius 1 is 1.08 bits per heavy atom. The highest BCUT2D eigenvalue weighted by molar-refractivity contribution is 7.90. The molecule has 2 aromatic rings. The van der Waals surface area contributed by atoms with E-state index in [4.69, 9.17) is 0 Å². The summed E-state index contributed by atoms with van der Waals surface area (Å²) in [5.41, 5.74) is 2.47. The summed E-state index contributed by atoms with van der Waals surface area (Å²) < 4.78 is 26.6. The minimum atomic E-state index is -3.99. The highest BCUT2D eigenvalue weighted by atomic mass is 32.2. The van der Waals surface area contributed by atoms with Crippen molar-refractivity contribution in [1.82, 2.24) is 0 Å². The molecule has 0 unspecified atom stereocenters. The molecule has 2 aromatic carbocycles. The highest BCUT2D eigenvalue weighted by Crippen LogP contribution is 2.16. The van der Waals surface area contributed by atoms with Crippen LogP contribution in [0.15, 0.2) is 57.8 Å². The molecule has 0 aromatic heterocycles. The molecule has 0 aliphatic rings. The third kappa shape index (κ3) is 4.92. The Morgan fingerprint density at radius 2 is 1.67 bits per heavy atom. The first-order valence-corrected chi connectivity index (χ1v) is 8.64. The lowest BCUT2D eigenvalue weighted by molar-refractivity contribution is -0.215. The number of sulfonamides is 1. The molecule has 126 valence electrons. The predicted molar refractivity (Wildman–Crippen MR) is 90.2 cm³/mol. The van der Waals surface area contributed by atoms with Crippen LogP contribution in [0.4, 0.5) is 5.69 Å². The number of carbonyl (C=O) groups excluding carboxylic acids is 1. The van der Waals surface area contributed by atoms with Gasteiger partial charge in [0, 0.05) is 5.69 Å². The van der Waals surface area contributed by atoms with Crippen LogP contribution in [0.1, 0.15) is 18.1 Å². The van der Waals surface area contributed by atoms with Gasteiger partial charge in [0.2, 0.25) is 5.91 Å². The number of amides is 1. The van der Waals surface area contributed by atoms with E-state index in [2.05, 4.69) is 9.71 Å². The van der Waals surface area contributed by atoms with Crippen molar-refractivity contribution >= 4 is 27.5 Å². The first-order valence-electron chi connectivity index (χ1n) is 7.20. The lowest BCUT2D eigenvalue weighted by Crippen LogP contribution is -2.15. The zero-order valence-corrected chi connectivity index (χ0v) is 14.1. The van der Waals surface area contributed by atoms with Crippen molar-refractivity contribution in [2.75, 3.05) is 5.32 Å². The van der Waals surface area contributed by atoms with E-state index in [1.807, 2.05) is 31.2 Å². The first kappa shape index (κ1) is 17.7. The summed E-state index contributed by atoms with van der Waals surface area (Å²) in [6.07, 6.45) is 0.222. The maximum atomic E-state index is 12.0. The number of hydrogen-bond donors (Lipinski definition) is 1. The number of anilines is 1. The van der Waals surface area contributed by atoms with Crippen LogP contribution in [-0.4, -0.2) is 20.2 Å². The van der Waals surface area contributed by atoms with Crippen LogP contribution in [0.2, 0.25) is 0 Å². The lowest BCUT2D eigenvalue weighted by Gasteiger charge is -2.07. The fraction of sp³-hybridized carbons (Fsp3) is 0.176. The molecule has 1 N–H and O–H groups in total. The Balaban J connectivity index is 2.05. The van der Waals surface area contributed by atoms with Gasteiger partial charge in [-0.05, 0) is 49.6 Å². The van der Waals surface area contributed by atoms with E-state index in [0.717, 1.165) is 18.1 Å². The summed E-state index contributed by atoms with van der Waals surface area (Å²) in [7, 11) is -3.99. The standard InChI is InChI=1S/C17H18N2O4S/c1-12-3-5-14(6-4-12)11-17(21)18-15-7-9-16(10-8-15)24(22,23)19-13(2)20/h3-10H,11H2,1-2H3,(H,18,21)(H,19,20)/p-1. The van der Waals surface area contributed by atoms with E-state index in [0.29, 0.717) is 5.69 Å². The summed E-state index contributed by atoms with van der Waals surface area (Å²) in [6, 6.07) is 13.1. The van der Waals surface area contributed by atoms with Crippen LogP contribution in [0.3, 0.4) is 0 Å².